The quantitative estimate of drug-likeness (QED) is 0.490. The van der Waals surface area contributed by atoms with Gasteiger partial charge in [-0.05, 0) is 80.0 Å². The number of fused-ring (bicyclic) bond motifs is 6. The Labute approximate surface area is 129 Å². The van der Waals surface area contributed by atoms with Crippen LogP contribution < -0.4 is 0 Å². The Bertz CT molecular complexity index is 480. The first-order chi connectivity index (χ1) is 10.2. The minimum atomic E-state index is 0.628. The fourth-order valence-electron chi connectivity index (χ4n) is 7.13. The van der Waals surface area contributed by atoms with Gasteiger partial charge in [-0.1, -0.05) is 31.9 Å². The molecule has 8 atom stereocenters. The highest BCUT2D eigenvalue weighted by molar-refractivity contribution is 5.25. The molecule has 1 saturated heterocycles. The summed E-state index contributed by atoms with van der Waals surface area (Å²) in [4.78, 5) is 0. The molecule has 0 aromatic carbocycles. The summed E-state index contributed by atoms with van der Waals surface area (Å²) in [7, 11) is 0. The lowest BCUT2D eigenvalue weighted by Gasteiger charge is -2.51. The Morgan fingerprint density at radius 2 is 1.95 bits per heavy atom. The van der Waals surface area contributed by atoms with E-state index in [1.54, 1.807) is 0 Å². The van der Waals surface area contributed by atoms with E-state index in [1.807, 2.05) is 5.57 Å². The Kier molecular flexibility index (Phi) is 2.74. The summed E-state index contributed by atoms with van der Waals surface area (Å²) in [6.45, 7) is 5.04. The van der Waals surface area contributed by atoms with E-state index in [4.69, 9.17) is 4.74 Å². The number of hydrogen-bond acceptors (Lipinski definition) is 1. The molecule has 4 fully saturated rings. The third-order valence-corrected chi connectivity index (χ3v) is 8.34. The van der Waals surface area contributed by atoms with Crippen molar-refractivity contribution in [3.05, 3.63) is 11.6 Å². The second-order valence-corrected chi connectivity index (χ2v) is 8.94. The zero-order valence-corrected chi connectivity index (χ0v) is 13.7. The maximum Gasteiger partial charge on any atom is 0.0847 e. The summed E-state index contributed by atoms with van der Waals surface area (Å²) in [6, 6.07) is 0. The molecule has 0 spiro atoms. The van der Waals surface area contributed by atoms with Gasteiger partial charge in [-0.15, -0.1) is 0 Å². The van der Waals surface area contributed by atoms with Crippen molar-refractivity contribution >= 4 is 0 Å². The normalized spacial score (nSPS) is 57.6. The van der Waals surface area contributed by atoms with Crippen LogP contribution in [0, 0.1) is 35.0 Å². The third-order valence-electron chi connectivity index (χ3n) is 8.34. The van der Waals surface area contributed by atoms with Crippen molar-refractivity contribution in [2.24, 2.45) is 35.0 Å². The molecule has 0 bridgehead atoms. The SMILES string of the molecule is CC[C@H]1CC[C@H]2[C@@H]3CCC4CC5OC5C[C@@H]4C3=CC[C@]12C. The number of hydrogen-bond donors (Lipinski definition) is 0. The summed E-state index contributed by atoms with van der Waals surface area (Å²) >= 11 is 0. The predicted molar refractivity (Wildman–Crippen MR) is 84.9 cm³/mol. The van der Waals surface area contributed by atoms with Gasteiger partial charge in [0.2, 0.25) is 0 Å². The molecule has 5 rings (SSSR count). The molecule has 1 heterocycles. The second kappa shape index (κ2) is 4.37. The highest BCUT2D eigenvalue weighted by atomic mass is 16.6. The molecule has 1 heteroatoms. The van der Waals surface area contributed by atoms with Gasteiger partial charge in [0.25, 0.3) is 0 Å². The number of allylic oxidation sites excluding steroid dienone is 2. The number of ether oxygens (including phenoxy) is 1. The first-order valence-corrected chi connectivity index (χ1v) is 9.56. The molecule has 0 aromatic heterocycles. The first-order valence-electron chi connectivity index (χ1n) is 9.56. The van der Waals surface area contributed by atoms with E-state index >= 15 is 0 Å². The Hall–Kier alpha value is -0.300. The lowest BCUT2D eigenvalue weighted by Crippen LogP contribution is -2.43. The molecule has 3 saturated carbocycles. The van der Waals surface area contributed by atoms with Crippen LogP contribution in [0.15, 0.2) is 11.6 Å². The van der Waals surface area contributed by atoms with Gasteiger partial charge in [-0.25, -0.2) is 0 Å². The lowest BCUT2D eigenvalue weighted by molar-refractivity contribution is 0.0695. The molecule has 0 amide bonds. The highest BCUT2D eigenvalue weighted by Crippen LogP contribution is 2.63. The smallest absolute Gasteiger partial charge is 0.0847 e. The zero-order chi connectivity index (χ0) is 14.2. The van der Waals surface area contributed by atoms with Gasteiger partial charge in [-0.3, -0.25) is 0 Å². The molecular formula is C20H30O. The van der Waals surface area contributed by atoms with E-state index in [-0.39, 0.29) is 0 Å². The predicted octanol–water partition coefficient (Wildman–Crippen LogP) is 4.96. The standard InChI is InChI=1S/C20H30O/c1-3-13-5-7-17-15-6-4-12-10-18-19(21-18)11-16(12)14(15)8-9-20(13,17)2/h8,12-13,15-19H,3-7,9-11H2,1-2H3/t12?,13-,15+,16-,17-,18?,19?,20+/m0/s1. The van der Waals surface area contributed by atoms with Crippen molar-refractivity contribution in [1.82, 2.24) is 0 Å². The molecular weight excluding hydrogens is 256 g/mol. The maximum absolute atomic E-state index is 5.86. The Morgan fingerprint density at radius 3 is 2.81 bits per heavy atom. The van der Waals surface area contributed by atoms with Crippen molar-refractivity contribution in [2.75, 3.05) is 0 Å². The minimum absolute atomic E-state index is 0.628. The summed E-state index contributed by atoms with van der Waals surface area (Å²) in [5.41, 5.74) is 2.53. The fourth-order valence-corrected chi connectivity index (χ4v) is 7.13. The summed E-state index contributed by atoms with van der Waals surface area (Å²) < 4.78 is 5.86. The molecule has 21 heavy (non-hydrogen) atoms. The summed E-state index contributed by atoms with van der Waals surface area (Å²) in [6.07, 6.45) is 15.5. The van der Waals surface area contributed by atoms with Gasteiger partial charge in [0, 0.05) is 0 Å². The van der Waals surface area contributed by atoms with Crippen LogP contribution in [0.4, 0.5) is 0 Å². The average molecular weight is 286 g/mol. The monoisotopic (exact) mass is 286 g/mol. The van der Waals surface area contributed by atoms with Gasteiger partial charge < -0.3 is 4.74 Å². The molecule has 1 aliphatic heterocycles. The fraction of sp³-hybridized carbons (Fsp3) is 0.900. The lowest BCUT2D eigenvalue weighted by atomic mass is 9.54. The Balaban J connectivity index is 1.47. The van der Waals surface area contributed by atoms with Crippen molar-refractivity contribution in [3.8, 4) is 0 Å². The molecule has 0 N–H and O–H groups in total. The van der Waals surface area contributed by atoms with E-state index in [1.165, 1.54) is 51.4 Å². The molecule has 0 radical (unpaired) electrons. The van der Waals surface area contributed by atoms with Crippen LogP contribution in [0.25, 0.3) is 0 Å². The van der Waals surface area contributed by atoms with Gasteiger partial charge in [0.15, 0.2) is 0 Å². The summed E-state index contributed by atoms with van der Waals surface area (Å²) in [5.74, 6) is 4.79. The Morgan fingerprint density at radius 1 is 1.10 bits per heavy atom. The van der Waals surface area contributed by atoms with Crippen LogP contribution in [0.2, 0.25) is 0 Å². The van der Waals surface area contributed by atoms with Gasteiger partial charge in [-0.2, -0.15) is 0 Å². The molecule has 3 unspecified atom stereocenters. The maximum atomic E-state index is 5.86. The topological polar surface area (TPSA) is 12.5 Å². The van der Waals surface area contributed by atoms with Crippen LogP contribution >= 0.6 is 0 Å². The van der Waals surface area contributed by atoms with E-state index in [2.05, 4.69) is 19.9 Å². The second-order valence-electron chi connectivity index (χ2n) is 8.94. The van der Waals surface area contributed by atoms with Crippen molar-refractivity contribution < 1.29 is 4.74 Å². The van der Waals surface area contributed by atoms with Gasteiger partial charge in [0.05, 0.1) is 12.2 Å². The van der Waals surface area contributed by atoms with Crippen molar-refractivity contribution in [3.63, 3.8) is 0 Å². The van der Waals surface area contributed by atoms with Crippen LogP contribution in [-0.2, 0) is 4.74 Å². The molecule has 4 aliphatic carbocycles. The number of rotatable bonds is 1. The zero-order valence-electron chi connectivity index (χ0n) is 13.7. The molecule has 5 aliphatic rings. The first kappa shape index (κ1) is 13.2. The largest absolute Gasteiger partial charge is 0.370 e. The van der Waals surface area contributed by atoms with Crippen molar-refractivity contribution in [2.45, 2.75) is 77.4 Å². The molecule has 0 aromatic rings. The van der Waals surface area contributed by atoms with E-state index in [9.17, 15) is 0 Å². The van der Waals surface area contributed by atoms with Crippen LogP contribution in [0.5, 0.6) is 0 Å². The summed E-state index contributed by atoms with van der Waals surface area (Å²) in [5, 5.41) is 0. The van der Waals surface area contributed by atoms with Gasteiger partial charge in [0.1, 0.15) is 0 Å². The highest BCUT2D eigenvalue weighted by Gasteiger charge is 2.56. The van der Waals surface area contributed by atoms with E-state index < -0.39 is 0 Å². The van der Waals surface area contributed by atoms with Crippen LogP contribution in [0.1, 0.15) is 65.2 Å². The van der Waals surface area contributed by atoms with Crippen LogP contribution in [-0.4, -0.2) is 12.2 Å². The van der Waals surface area contributed by atoms with Crippen LogP contribution in [0.3, 0.4) is 0 Å². The van der Waals surface area contributed by atoms with Gasteiger partial charge >= 0.3 is 0 Å². The van der Waals surface area contributed by atoms with Crippen molar-refractivity contribution in [1.29, 1.82) is 0 Å². The number of epoxide rings is 1. The van der Waals surface area contributed by atoms with E-state index in [0.29, 0.717) is 17.6 Å². The molecule has 116 valence electrons. The minimum Gasteiger partial charge on any atom is -0.370 e. The molecule has 1 nitrogen and oxygen atoms in total. The average Bonchev–Trinajstić information content (AvgIpc) is 3.16. The van der Waals surface area contributed by atoms with E-state index in [0.717, 1.165) is 29.6 Å². The third kappa shape index (κ3) is 1.73.